The van der Waals surface area contributed by atoms with Crippen LogP contribution >= 0.6 is 34.9 Å². The molecule has 16 heteroatoms. The topological polar surface area (TPSA) is 204 Å². The third-order valence-corrected chi connectivity index (χ3v) is 7.85. The number of anilines is 1. The molecule has 2 atom stereocenters. The molecule has 2 aromatic heterocycles. The number of aromatic amines is 1. The highest BCUT2D eigenvalue weighted by molar-refractivity contribution is 8.01. The molecule has 0 unspecified atom stereocenters. The number of fused-ring (bicyclic) bond motifs is 1. The second-order valence-electron chi connectivity index (χ2n) is 7.01. The van der Waals surface area contributed by atoms with E-state index in [0.29, 0.717) is 22.1 Å². The molecule has 0 aliphatic carbocycles. The highest BCUT2D eigenvalue weighted by Gasteiger charge is 2.54. The van der Waals surface area contributed by atoms with Crippen LogP contribution in [0, 0.1) is 0 Å². The number of H-pyrrole nitrogens is 1. The normalized spacial score (nSPS) is 20.1. The SMILES string of the molecule is Nc1nc(/C(=C\CC(=O)O)C(=O)N[C@@H]2C(=O)N3C(C(=O)O)=C(CSc4c[nH]nn4)CS[C@H]23)cs1. The summed E-state index contributed by atoms with van der Waals surface area (Å²) < 4.78 is 0. The fraction of sp³-hybridized carbons (Fsp3) is 0.278. The molecular weight excluding hydrogens is 506 g/mol. The van der Waals surface area contributed by atoms with Gasteiger partial charge >= 0.3 is 11.9 Å². The van der Waals surface area contributed by atoms with Crippen LogP contribution in [-0.2, 0) is 19.2 Å². The highest BCUT2D eigenvalue weighted by atomic mass is 32.2. The summed E-state index contributed by atoms with van der Waals surface area (Å²) in [7, 11) is 0. The predicted molar refractivity (Wildman–Crippen MR) is 124 cm³/mol. The minimum atomic E-state index is -1.24. The van der Waals surface area contributed by atoms with E-state index in [1.807, 2.05) is 0 Å². The summed E-state index contributed by atoms with van der Waals surface area (Å²) in [5, 5.41) is 33.1. The maximum Gasteiger partial charge on any atom is 0.352 e. The molecule has 1 saturated heterocycles. The summed E-state index contributed by atoms with van der Waals surface area (Å²) in [6.07, 6.45) is 2.35. The highest BCUT2D eigenvalue weighted by Crippen LogP contribution is 2.41. The molecule has 2 amide bonds. The molecule has 0 saturated carbocycles. The van der Waals surface area contributed by atoms with Gasteiger partial charge in [0.15, 0.2) is 5.13 Å². The fourth-order valence-corrected chi connectivity index (χ4v) is 6.18. The van der Waals surface area contributed by atoms with Crippen LogP contribution in [-0.4, -0.2) is 82.2 Å². The molecule has 0 aromatic carbocycles. The zero-order valence-electron chi connectivity index (χ0n) is 17.1. The lowest BCUT2D eigenvalue weighted by Gasteiger charge is -2.49. The Hall–Kier alpha value is -3.37. The number of nitrogens with zero attached hydrogens (tertiary/aromatic N) is 4. The Morgan fingerprint density at radius 1 is 1.38 bits per heavy atom. The molecule has 178 valence electrons. The van der Waals surface area contributed by atoms with Crippen LogP contribution in [0.15, 0.2) is 33.9 Å². The molecule has 0 radical (unpaired) electrons. The van der Waals surface area contributed by atoms with Crippen molar-refractivity contribution in [2.75, 3.05) is 17.2 Å². The number of amides is 2. The number of aromatic nitrogens is 4. The molecule has 2 aliphatic heterocycles. The summed E-state index contributed by atoms with van der Waals surface area (Å²) in [4.78, 5) is 53.9. The van der Waals surface area contributed by atoms with Gasteiger partial charge in [0.25, 0.3) is 11.8 Å². The predicted octanol–water partition coefficient (Wildman–Crippen LogP) is 0.232. The fourth-order valence-electron chi connectivity index (χ4n) is 3.35. The van der Waals surface area contributed by atoms with Gasteiger partial charge in [0.1, 0.15) is 22.1 Å². The van der Waals surface area contributed by atoms with Gasteiger partial charge in [-0.1, -0.05) is 23.1 Å². The maximum absolute atomic E-state index is 12.9. The van der Waals surface area contributed by atoms with E-state index in [4.69, 9.17) is 10.8 Å². The van der Waals surface area contributed by atoms with E-state index in [1.165, 1.54) is 39.9 Å². The van der Waals surface area contributed by atoms with Crippen molar-refractivity contribution in [2.45, 2.75) is 22.9 Å². The van der Waals surface area contributed by atoms with Gasteiger partial charge in [-0.15, -0.1) is 28.2 Å². The van der Waals surface area contributed by atoms with Gasteiger partial charge in [-0.2, -0.15) is 0 Å². The largest absolute Gasteiger partial charge is 0.481 e. The molecule has 13 nitrogen and oxygen atoms in total. The van der Waals surface area contributed by atoms with Crippen molar-refractivity contribution in [3.8, 4) is 0 Å². The summed E-state index contributed by atoms with van der Waals surface area (Å²) in [5.41, 5.74) is 6.24. The quantitative estimate of drug-likeness (QED) is 0.170. The first kappa shape index (κ1) is 23.8. The lowest BCUT2D eigenvalue weighted by atomic mass is 10.0. The molecule has 2 aromatic rings. The number of carboxylic acids is 2. The summed E-state index contributed by atoms with van der Waals surface area (Å²) in [6.45, 7) is 0. The van der Waals surface area contributed by atoms with Crippen LogP contribution in [0.5, 0.6) is 0 Å². The van der Waals surface area contributed by atoms with Crippen LogP contribution in [0.25, 0.3) is 5.57 Å². The number of carboxylic acid groups (broad SMARTS) is 2. The zero-order chi connectivity index (χ0) is 24.4. The number of rotatable bonds is 9. The van der Waals surface area contributed by atoms with Gasteiger partial charge in [0.05, 0.1) is 23.9 Å². The molecule has 0 bridgehead atoms. The van der Waals surface area contributed by atoms with E-state index in [-0.39, 0.29) is 22.1 Å². The average Bonchev–Trinajstić information content (AvgIpc) is 3.47. The number of nitrogen functional groups attached to an aromatic ring is 1. The number of β-lactam (4-membered cyclic amide) rings is 1. The van der Waals surface area contributed by atoms with Crippen LogP contribution in [0.1, 0.15) is 12.1 Å². The molecule has 4 rings (SSSR count). The Labute approximate surface area is 203 Å². The number of nitrogens with one attached hydrogen (secondary N) is 2. The first-order valence-electron chi connectivity index (χ1n) is 9.59. The van der Waals surface area contributed by atoms with Crippen molar-refractivity contribution in [3.05, 3.63) is 34.6 Å². The van der Waals surface area contributed by atoms with Crippen LogP contribution < -0.4 is 11.1 Å². The Morgan fingerprint density at radius 2 is 2.18 bits per heavy atom. The van der Waals surface area contributed by atoms with Crippen LogP contribution in [0.3, 0.4) is 0 Å². The first-order chi connectivity index (χ1) is 16.3. The second-order valence-corrected chi connectivity index (χ2v) is 10.00. The molecule has 6 N–H and O–H groups in total. The van der Waals surface area contributed by atoms with Crippen LogP contribution in [0.2, 0.25) is 0 Å². The number of carbonyl (C=O) groups excluding carboxylic acids is 2. The monoisotopic (exact) mass is 523 g/mol. The number of hydrogen-bond donors (Lipinski definition) is 5. The molecule has 4 heterocycles. The second kappa shape index (κ2) is 9.86. The molecule has 2 aliphatic rings. The Kier molecular flexibility index (Phi) is 6.90. The lowest BCUT2D eigenvalue weighted by molar-refractivity contribution is -0.150. The number of thioether (sulfide) groups is 2. The lowest BCUT2D eigenvalue weighted by Crippen LogP contribution is -2.70. The number of thiazole rings is 1. The van der Waals surface area contributed by atoms with Crippen molar-refractivity contribution < 1.29 is 29.4 Å². The van der Waals surface area contributed by atoms with E-state index in [0.717, 1.165) is 11.3 Å². The zero-order valence-corrected chi connectivity index (χ0v) is 19.6. The van der Waals surface area contributed by atoms with E-state index in [1.54, 1.807) is 6.20 Å². The van der Waals surface area contributed by atoms with Gasteiger partial charge in [0, 0.05) is 16.9 Å². The first-order valence-corrected chi connectivity index (χ1v) is 12.5. The minimum Gasteiger partial charge on any atom is -0.481 e. The summed E-state index contributed by atoms with van der Waals surface area (Å²) in [5.74, 6) is -2.99. The number of aliphatic carboxylic acids is 2. The van der Waals surface area contributed by atoms with Crippen molar-refractivity contribution >= 4 is 69.3 Å². The molecule has 0 spiro atoms. The van der Waals surface area contributed by atoms with Crippen molar-refractivity contribution in [2.24, 2.45) is 0 Å². The Balaban J connectivity index is 1.50. The van der Waals surface area contributed by atoms with Crippen molar-refractivity contribution in [1.29, 1.82) is 0 Å². The standard InChI is InChI=1S/C18H17N7O6S3/c19-18-21-9(6-34-18)8(1-2-11(26)27)14(28)22-12-15(29)25-13(17(30)31)7(5-33-16(12)25)4-32-10-3-20-24-23-10/h1,3,6,12,16H,2,4-5H2,(H2,19,21)(H,22,28)(H,26,27)(H,30,31)(H,20,23,24)/b8-1+/t12-,16-/m1/s1. The third kappa shape index (κ3) is 4.78. The van der Waals surface area contributed by atoms with E-state index in [9.17, 15) is 24.3 Å². The van der Waals surface area contributed by atoms with Crippen LogP contribution in [0.4, 0.5) is 5.13 Å². The Bertz CT molecular complexity index is 1210. The number of hydrogen-bond acceptors (Lipinski definition) is 11. The van der Waals surface area contributed by atoms with Crippen molar-refractivity contribution in [3.63, 3.8) is 0 Å². The summed E-state index contributed by atoms with van der Waals surface area (Å²) >= 11 is 3.70. The van der Waals surface area contributed by atoms with Crippen molar-refractivity contribution in [1.82, 2.24) is 30.6 Å². The Morgan fingerprint density at radius 3 is 2.79 bits per heavy atom. The summed E-state index contributed by atoms with van der Waals surface area (Å²) in [6, 6.07) is -0.971. The van der Waals surface area contributed by atoms with Gasteiger partial charge in [-0.05, 0) is 5.57 Å². The van der Waals surface area contributed by atoms with Gasteiger partial charge in [-0.25, -0.2) is 9.78 Å². The third-order valence-electron chi connectivity index (χ3n) is 4.85. The molecular formula is C18H17N7O6S3. The van der Waals surface area contributed by atoms with E-state index >= 15 is 0 Å². The maximum atomic E-state index is 12.9. The molecule has 1 fully saturated rings. The van der Waals surface area contributed by atoms with Gasteiger partial charge < -0.3 is 21.3 Å². The van der Waals surface area contributed by atoms with Gasteiger partial charge in [-0.3, -0.25) is 24.4 Å². The number of nitrogens with two attached hydrogens (primary N) is 1. The minimum absolute atomic E-state index is 0.0267. The molecule has 34 heavy (non-hydrogen) atoms. The van der Waals surface area contributed by atoms with E-state index in [2.05, 4.69) is 25.7 Å². The van der Waals surface area contributed by atoms with E-state index < -0.39 is 41.6 Å². The number of carbonyl (C=O) groups is 4. The average molecular weight is 524 g/mol. The van der Waals surface area contributed by atoms with Gasteiger partial charge in [0.2, 0.25) is 0 Å². The smallest absolute Gasteiger partial charge is 0.352 e.